The summed E-state index contributed by atoms with van der Waals surface area (Å²) in [5.41, 5.74) is 2.88. The molecule has 2 aromatic rings. The van der Waals surface area contributed by atoms with Gasteiger partial charge in [-0.1, -0.05) is 30.3 Å². The van der Waals surface area contributed by atoms with Crippen LogP contribution in [0.5, 0.6) is 5.75 Å². The predicted molar refractivity (Wildman–Crippen MR) is 102 cm³/mol. The highest BCUT2D eigenvalue weighted by atomic mass is 16.5. The van der Waals surface area contributed by atoms with E-state index in [0.717, 1.165) is 16.8 Å². The van der Waals surface area contributed by atoms with E-state index in [-0.39, 0.29) is 18.2 Å². The summed E-state index contributed by atoms with van der Waals surface area (Å²) in [4.78, 5) is 28.8. The van der Waals surface area contributed by atoms with Crippen molar-refractivity contribution in [1.29, 1.82) is 0 Å². The van der Waals surface area contributed by atoms with Crippen LogP contribution in [-0.4, -0.2) is 48.1 Å². The van der Waals surface area contributed by atoms with Gasteiger partial charge in [0.15, 0.2) is 0 Å². The lowest BCUT2D eigenvalue weighted by atomic mass is 9.94. The Kier molecular flexibility index (Phi) is 5.64. The molecule has 1 aliphatic rings. The molecule has 0 radical (unpaired) electrons. The Hall–Kier alpha value is -3.02. The van der Waals surface area contributed by atoms with Crippen molar-refractivity contribution in [3.63, 3.8) is 0 Å². The van der Waals surface area contributed by atoms with Crippen molar-refractivity contribution < 1.29 is 19.4 Å². The smallest absolute Gasteiger partial charge is 0.328 e. The second-order valence-electron chi connectivity index (χ2n) is 6.57. The van der Waals surface area contributed by atoms with E-state index in [0.29, 0.717) is 19.5 Å². The maximum atomic E-state index is 13.1. The molecule has 1 N–H and O–H groups in total. The van der Waals surface area contributed by atoms with Crippen LogP contribution in [0, 0.1) is 0 Å². The number of phenolic OH excluding ortho intramolecular Hbond substituents is 1. The number of esters is 1. The fourth-order valence-electron chi connectivity index (χ4n) is 3.46. The molecule has 0 aromatic heterocycles. The quantitative estimate of drug-likeness (QED) is 0.821. The highest BCUT2D eigenvalue weighted by molar-refractivity contribution is 5.88. The number of ether oxygens (including phenoxy) is 1. The van der Waals surface area contributed by atoms with E-state index in [1.165, 1.54) is 7.11 Å². The van der Waals surface area contributed by atoms with Gasteiger partial charge >= 0.3 is 5.97 Å². The van der Waals surface area contributed by atoms with E-state index in [4.69, 9.17) is 4.74 Å². The molecule has 1 amide bonds. The number of benzene rings is 2. The molecule has 0 saturated carbocycles. The first-order valence-electron chi connectivity index (χ1n) is 9.01. The van der Waals surface area contributed by atoms with Crippen molar-refractivity contribution in [3.8, 4) is 5.75 Å². The van der Waals surface area contributed by atoms with Gasteiger partial charge < -0.3 is 19.6 Å². The first-order valence-corrected chi connectivity index (χ1v) is 9.01. The first kappa shape index (κ1) is 18.8. The largest absolute Gasteiger partial charge is 0.508 e. The van der Waals surface area contributed by atoms with Crippen molar-refractivity contribution in [2.24, 2.45) is 0 Å². The van der Waals surface area contributed by atoms with Crippen LogP contribution in [0.25, 0.3) is 0 Å². The number of likely N-dealkylation sites (N-methyl/N-ethyl adjacent to an activating group) is 1. The zero-order chi connectivity index (χ0) is 19.4. The minimum absolute atomic E-state index is 0.121. The Bertz CT molecular complexity index is 836. The second-order valence-corrected chi connectivity index (χ2v) is 6.57. The van der Waals surface area contributed by atoms with Crippen LogP contribution in [-0.2, 0) is 27.3 Å². The lowest BCUT2D eigenvalue weighted by Gasteiger charge is -2.36. The van der Waals surface area contributed by atoms with Crippen LogP contribution >= 0.6 is 0 Å². The number of anilines is 1. The van der Waals surface area contributed by atoms with Gasteiger partial charge in [-0.05, 0) is 30.2 Å². The third kappa shape index (κ3) is 4.05. The molecular formula is C21H24N2O4. The molecule has 1 heterocycles. The summed E-state index contributed by atoms with van der Waals surface area (Å²) in [6.07, 6.45) is 0.451. The molecule has 142 valence electrons. The summed E-state index contributed by atoms with van der Waals surface area (Å²) in [6.45, 7) is 3.05. The van der Waals surface area contributed by atoms with Gasteiger partial charge in [-0.15, -0.1) is 0 Å². The monoisotopic (exact) mass is 368 g/mol. The van der Waals surface area contributed by atoms with Crippen LogP contribution in [0.15, 0.2) is 48.5 Å². The van der Waals surface area contributed by atoms with Crippen LogP contribution in [0.1, 0.15) is 18.1 Å². The normalized spacial score (nSPS) is 15.8. The summed E-state index contributed by atoms with van der Waals surface area (Å²) >= 11 is 0. The highest BCUT2D eigenvalue weighted by Gasteiger charge is 2.35. The molecule has 2 aromatic carbocycles. The Morgan fingerprint density at radius 3 is 2.59 bits per heavy atom. The minimum Gasteiger partial charge on any atom is -0.508 e. The molecule has 0 spiro atoms. The van der Waals surface area contributed by atoms with Gasteiger partial charge in [-0.2, -0.15) is 0 Å². The zero-order valence-corrected chi connectivity index (χ0v) is 15.6. The van der Waals surface area contributed by atoms with Crippen molar-refractivity contribution in [1.82, 2.24) is 4.90 Å². The molecule has 6 nitrogen and oxygen atoms in total. The summed E-state index contributed by atoms with van der Waals surface area (Å²) in [5.74, 6) is -0.402. The van der Waals surface area contributed by atoms with Gasteiger partial charge in [0.2, 0.25) is 5.91 Å². The Morgan fingerprint density at radius 1 is 1.19 bits per heavy atom. The minimum atomic E-state index is -0.625. The zero-order valence-electron chi connectivity index (χ0n) is 15.6. The SMILES string of the molecule is CCN(CC(=O)N1Cc2ccccc2C[C@H]1C(=O)OC)c1cccc(O)c1. The van der Waals surface area contributed by atoms with Gasteiger partial charge in [0.05, 0.1) is 13.7 Å². The molecular weight excluding hydrogens is 344 g/mol. The number of nitrogens with zero attached hydrogens (tertiary/aromatic N) is 2. The second kappa shape index (κ2) is 8.12. The fourth-order valence-corrected chi connectivity index (χ4v) is 3.46. The molecule has 6 heteroatoms. The number of amides is 1. The van der Waals surface area contributed by atoms with E-state index < -0.39 is 12.0 Å². The van der Waals surface area contributed by atoms with Gasteiger partial charge in [0.25, 0.3) is 0 Å². The Labute approximate surface area is 159 Å². The Morgan fingerprint density at radius 2 is 1.93 bits per heavy atom. The lowest BCUT2D eigenvalue weighted by molar-refractivity contribution is -0.153. The summed E-state index contributed by atoms with van der Waals surface area (Å²) < 4.78 is 4.94. The number of rotatable bonds is 5. The van der Waals surface area contributed by atoms with Gasteiger partial charge in [0, 0.05) is 31.3 Å². The molecule has 0 aliphatic carbocycles. The maximum absolute atomic E-state index is 13.1. The van der Waals surface area contributed by atoms with Gasteiger partial charge in [-0.25, -0.2) is 4.79 Å². The average Bonchev–Trinajstić information content (AvgIpc) is 2.70. The maximum Gasteiger partial charge on any atom is 0.328 e. The number of carbonyl (C=O) groups excluding carboxylic acids is 2. The molecule has 27 heavy (non-hydrogen) atoms. The standard InChI is InChI=1S/C21H24N2O4/c1-3-22(17-9-6-10-18(24)12-17)14-20(25)23-13-16-8-5-4-7-15(16)11-19(23)21(26)27-2/h4-10,12,19,24H,3,11,13-14H2,1-2H3/t19-/m0/s1. The van der Waals surface area contributed by atoms with Crippen molar-refractivity contribution in [3.05, 3.63) is 59.7 Å². The third-order valence-corrected chi connectivity index (χ3v) is 4.94. The molecule has 1 atom stereocenters. The molecule has 0 fully saturated rings. The Balaban J connectivity index is 1.83. The highest BCUT2D eigenvalue weighted by Crippen LogP contribution is 2.25. The molecule has 0 unspecified atom stereocenters. The van der Waals surface area contributed by atoms with Gasteiger partial charge in [-0.3, -0.25) is 4.79 Å². The van der Waals surface area contributed by atoms with Crippen molar-refractivity contribution in [2.45, 2.75) is 25.9 Å². The number of hydrogen-bond acceptors (Lipinski definition) is 5. The molecule has 3 rings (SSSR count). The number of phenols is 1. The number of hydrogen-bond donors (Lipinski definition) is 1. The van der Waals surface area contributed by atoms with E-state index in [1.54, 1.807) is 23.1 Å². The first-order chi connectivity index (χ1) is 13.0. The fraction of sp³-hybridized carbons (Fsp3) is 0.333. The van der Waals surface area contributed by atoms with E-state index >= 15 is 0 Å². The molecule has 1 aliphatic heterocycles. The number of aromatic hydroxyl groups is 1. The van der Waals surface area contributed by atoms with E-state index in [2.05, 4.69) is 0 Å². The summed E-state index contributed by atoms with van der Waals surface area (Å²) in [5, 5.41) is 9.71. The van der Waals surface area contributed by atoms with Crippen LogP contribution in [0.4, 0.5) is 5.69 Å². The average molecular weight is 368 g/mol. The number of fused-ring (bicyclic) bond motifs is 1. The lowest BCUT2D eigenvalue weighted by Crippen LogP contribution is -2.52. The summed E-state index contributed by atoms with van der Waals surface area (Å²) in [6, 6.07) is 14.0. The predicted octanol–water partition coefficient (Wildman–Crippen LogP) is 2.34. The molecule has 0 saturated heterocycles. The van der Waals surface area contributed by atoms with E-state index in [9.17, 15) is 14.7 Å². The van der Waals surface area contributed by atoms with Crippen LogP contribution < -0.4 is 4.90 Å². The van der Waals surface area contributed by atoms with Gasteiger partial charge in [0.1, 0.15) is 11.8 Å². The molecule has 0 bridgehead atoms. The summed E-state index contributed by atoms with van der Waals surface area (Å²) in [7, 11) is 1.34. The van der Waals surface area contributed by atoms with Crippen LogP contribution in [0.2, 0.25) is 0 Å². The topological polar surface area (TPSA) is 70.1 Å². The van der Waals surface area contributed by atoms with Crippen molar-refractivity contribution >= 4 is 17.6 Å². The number of methoxy groups -OCH3 is 1. The third-order valence-electron chi connectivity index (χ3n) is 4.94. The van der Waals surface area contributed by atoms with Crippen molar-refractivity contribution in [2.75, 3.05) is 25.1 Å². The van der Waals surface area contributed by atoms with Crippen LogP contribution in [0.3, 0.4) is 0 Å². The van der Waals surface area contributed by atoms with E-state index in [1.807, 2.05) is 42.2 Å². The number of carbonyl (C=O) groups is 2.